The maximum atomic E-state index is 9.31. The Labute approximate surface area is 96.4 Å². The van der Waals surface area contributed by atoms with E-state index >= 15 is 0 Å². The smallest absolute Gasteiger partial charge is 0.115 e. The molecule has 0 aliphatic heterocycles. The van der Waals surface area contributed by atoms with Gasteiger partial charge in [0.05, 0.1) is 6.10 Å². The molecule has 0 atom stereocenters. The van der Waals surface area contributed by atoms with Gasteiger partial charge < -0.3 is 15.2 Å². The van der Waals surface area contributed by atoms with Crippen LogP contribution >= 0.6 is 0 Å². The summed E-state index contributed by atoms with van der Waals surface area (Å²) in [6.45, 7) is 4.83. The summed E-state index contributed by atoms with van der Waals surface area (Å²) in [5, 5.41) is 12.8. The van der Waals surface area contributed by atoms with Crippen LogP contribution in [0.25, 0.3) is 0 Å². The standard InChI is InChI=1S/C13H19NO2/c1-3-16-12-7-10(8-12)14-13-5-4-11(15)6-9(13)2/h4-6,10,12,14-15H,3,7-8H2,1-2H3. The molecule has 2 rings (SSSR count). The van der Waals surface area contributed by atoms with Crippen molar-refractivity contribution in [2.75, 3.05) is 11.9 Å². The van der Waals surface area contributed by atoms with Gasteiger partial charge in [-0.2, -0.15) is 0 Å². The highest BCUT2D eigenvalue weighted by Gasteiger charge is 2.29. The lowest BCUT2D eigenvalue weighted by Gasteiger charge is -2.36. The first-order chi connectivity index (χ1) is 7.69. The largest absolute Gasteiger partial charge is 0.508 e. The number of aryl methyl sites for hydroxylation is 1. The highest BCUT2D eigenvalue weighted by Crippen LogP contribution is 2.29. The Balaban J connectivity index is 1.87. The highest BCUT2D eigenvalue weighted by molar-refractivity contribution is 5.54. The average molecular weight is 221 g/mol. The van der Waals surface area contributed by atoms with Gasteiger partial charge in [0.1, 0.15) is 5.75 Å². The van der Waals surface area contributed by atoms with Crippen molar-refractivity contribution in [3.05, 3.63) is 23.8 Å². The number of phenols is 1. The third-order valence-corrected chi connectivity index (χ3v) is 3.07. The van der Waals surface area contributed by atoms with Gasteiger partial charge in [-0.1, -0.05) is 0 Å². The molecule has 1 aromatic rings. The SMILES string of the molecule is CCOC1CC(Nc2ccc(O)cc2C)C1. The topological polar surface area (TPSA) is 41.5 Å². The number of hydrogen-bond acceptors (Lipinski definition) is 3. The molecule has 1 aliphatic carbocycles. The van der Waals surface area contributed by atoms with E-state index in [-0.39, 0.29) is 0 Å². The number of anilines is 1. The molecule has 1 aromatic carbocycles. The Morgan fingerprint density at radius 1 is 1.44 bits per heavy atom. The average Bonchev–Trinajstić information content (AvgIpc) is 2.18. The molecule has 0 bridgehead atoms. The summed E-state index contributed by atoms with van der Waals surface area (Å²) in [5.74, 6) is 0.323. The molecule has 0 aromatic heterocycles. The van der Waals surface area contributed by atoms with Gasteiger partial charge in [0.25, 0.3) is 0 Å². The van der Waals surface area contributed by atoms with Gasteiger partial charge in [-0.15, -0.1) is 0 Å². The molecule has 0 spiro atoms. The van der Waals surface area contributed by atoms with Crippen molar-refractivity contribution in [3.8, 4) is 5.75 Å². The number of ether oxygens (including phenoxy) is 1. The Morgan fingerprint density at radius 3 is 2.81 bits per heavy atom. The molecule has 3 heteroatoms. The summed E-state index contributed by atoms with van der Waals surface area (Å²) in [4.78, 5) is 0. The van der Waals surface area contributed by atoms with Gasteiger partial charge >= 0.3 is 0 Å². The molecule has 2 N–H and O–H groups in total. The zero-order valence-corrected chi connectivity index (χ0v) is 9.86. The summed E-state index contributed by atoms with van der Waals surface area (Å²) in [5.41, 5.74) is 2.19. The molecule has 0 unspecified atom stereocenters. The summed E-state index contributed by atoms with van der Waals surface area (Å²) in [6.07, 6.45) is 2.59. The molecule has 0 saturated heterocycles. The van der Waals surface area contributed by atoms with Crippen molar-refractivity contribution < 1.29 is 9.84 Å². The Kier molecular flexibility index (Phi) is 3.34. The van der Waals surface area contributed by atoms with Crippen LogP contribution in [0.4, 0.5) is 5.69 Å². The Morgan fingerprint density at radius 2 is 2.19 bits per heavy atom. The molecule has 0 amide bonds. The zero-order valence-electron chi connectivity index (χ0n) is 9.86. The van der Waals surface area contributed by atoms with Crippen molar-refractivity contribution >= 4 is 5.69 Å². The van der Waals surface area contributed by atoms with Crippen molar-refractivity contribution in [3.63, 3.8) is 0 Å². The predicted octanol–water partition coefficient (Wildman–Crippen LogP) is 2.68. The fraction of sp³-hybridized carbons (Fsp3) is 0.538. The minimum Gasteiger partial charge on any atom is -0.508 e. The second kappa shape index (κ2) is 4.74. The molecule has 88 valence electrons. The van der Waals surface area contributed by atoms with Crippen molar-refractivity contribution in [2.24, 2.45) is 0 Å². The quantitative estimate of drug-likeness (QED) is 0.768. The van der Waals surface area contributed by atoms with Crippen LogP contribution in [0, 0.1) is 6.92 Å². The van der Waals surface area contributed by atoms with Crippen molar-refractivity contribution in [1.29, 1.82) is 0 Å². The molecule has 0 radical (unpaired) electrons. The predicted molar refractivity (Wildman–Crippen MR) is 64.9 cm³/mol. The van der Waals surface area contributed by atoms with Crippen LogP contribution in [-0.4, -0.2) is 23.9 Å². The van der Waals surface area contributed by atoms with E-state index in [1.807, 2.05) is 19.9 Å². The van der Waals surface area contributed by atoms with Crippen LogP contribution in [0.2, 0.25) is 0 Å². The normalized spacial score (nSPS) is 23.9. The minimum atomic E-state index is 0.323. The van der Waals surface area contributed by atoms with E-state index in [9.17, 15) is 5.11 Å². The van der Waals surface area contributed by atoms with Gasteiger partial charge in [0.2, 0.25) is 0 Å². The van der Waals surface area contributed by atoms with Crippen LogP contribution in [0.3, 0.4) is 0 Å². The van der Waals surface area contributed by atoms with Crippen LogP contribution < -0.4 is 5.32 Å². The second-order valence-corrected chi connectivity index (χ2v) is 4.39. The van der Waals surface area contributed by atoms with E-state index in [2.05, 4.69) is 5.32 Å². The molecule has 16 heavy (non-hydrogen) atoms. The van der Waals surface area contributed by atoms with E-state index in [1.54, 1.807) is 12.1 Å². The molecule has 3 nitrogen and oxygen atoms in total. The number of aromatic hydroxyl groups is 1. The lowest BCUT2D eigenvalue weighted by atomic mass is 9.89. The van der Waals surface area contributed by atoms with Gasteiger partial charge in [-0.25, -0.2) is 0 Å². The van der Waals surface area contributed by atoms with Crippen LogP contribution in [-0.2, 0) is 4.74 Å². The highest BCUT2D eigenvalue weighted by atomic mass is 16.5. The lowest BCUT2D eigenvalue weighted by Crippen LogP contribution is -2.40. The molecule has 1 saturated carbocycles. The Bertz CT molecular complexity index is 359. The molecule has 1 aliphatic rings. The number of nitrogens with one attached hydrogen (secondary N) is 1. The first-order valence-electron chi connectivity index (χ1n) is 5.86. The summed E-state index contributed by atoms with van der Waals surface area (Å²) in [6, 6.07) is 5.94. The Hall–Kier alpha value is -1.22. The van der Waals surface area contributed by atoms with Crippen LogP contribution in [0.5, 0.6) is 5.75 Å². The monoisotopic (exact) mass is 221 g/mol. The zero-order chi connectivity index (χ0) is 11.5. The van der Waals surface area contributed by atoms with E-state index in [0.717, 1.165) is 30.7 Å². The minimum absolute atomic E-state index is 0.323. The summed E-state index contributed by atoms with van der Waals surface area (Å²) in [7, 11) is 0. The number of benzene rings is 1. The number of phenolic OH excluding ortho intramolecular Hbond substituents is 1. The fourth-order valence-corrected chi connectivity index (χ4v) is 2.08. The van der Waals surface area contributed by atoms with Crippen molar-refractivity contribution in [1.82, 2.24) is 0 Å². The van der Waals surface area contributed by atoms with E-state index < -0.39 is 0 Å². The third kappa shape index (κ3) is 2.47. The molecule has 0 heterocycles. The first-order valence-corrected chi connectivity index (χ1v) is 5.86. The molecular weight excluding hydrogens is 202 g/mol. The van der Waals surface area contributed by atoms with E-state index in [1.165, 1.54) is 0 Å². The summed E-state index contributed by atoms with van der Waals surface area (Å²) < 4.78 is 5.52. The second-order valence-electron chi connectivity index (χ2n) is 4.39. The van der Waals surface area contributed by atoms with E-state index in [0.29, 0.717) is 17.9 Å². The number of rotatable bonds is 4. The van der Waals surface area contributed by atoms with Gasteiger partial charge in [0, 0.05) is 18.3 Å². The maximum Gasteiger partial charge on any atom is 0.115 e. The lowest BCUT2D eigenvalue weighted by molar-refractivity contribution is 0.00298. The molecular formula is C13H19NO2. The van der Waals surface area contributed by atoms with Gasteiger partial charge in [-0.05, 0) is 50.5 Å². The van der Waals surface area contributed by atoms with Gasteiger partial charge in [-0.3, -0.25) is 0 Å². The first kappa shape index (κ1) is 11.3. The fourth-order valence-electron chi connectivity index (χ4n) is 2.08. The summed E-state index contributed by atoms with van der Waals surface area (Å²) >= 11 is 0. The maximum absolute atomic E-state index is 9.31. The van der Waals surface area contributed by atoms with E-state index in [4.69, 9.17) is 4.74 Å². The number of hydrogen-bond donors (Lipinski definition) is 2. The van der Waals surface area contributed by atoms with Crippen molar-refractivity contribution in [2.45, 2.75) is 38.8 Å². The van der Waals surface area contributed by atoms with Gasteiger partial charge in [0.15, 0.2) is 0 Å². The van der Waals surface area contributed by atoms with Crippen LogP contribution in [0.15, 0.2) is 18.2 Å². The van der Waals surface area contributed by atoms with Crippen LogP contribution in [0.1, 0.15) is 25.3 Å². The molecule has 1 fully saturated rings. The third-order valence-electron chi connectivity index (χ3n) is 3.07.